The minimum absolute atomic E-state index is 0.159. The van der Waals surface area contributed by atoms with Crippen molar-refractivity contribution in [1.29, 1.82) is 0 Å². The van der Waals surface area contributed by atoms with Crippen LogP contribution in [0.2, 0.25) is 0 Å². The molecule has 118 valence electrons. The fourth-order valence-electron chi connectivity index (χ4n) is 1.70. The van der Waals surface area contributed by atoms with Crippen LogP contribution in [0.1, 0.15) is 5.56 Å². The molecule has 0 aromatic heterocycles. The highest BCUT2D eigenvalue weighted by Gasteiger charge is 2.46. The molecule has 0 amide bonds. The molecule has 1 atom stereocenters. The molecule has 2 N–H and O–H groups in total. The van der Waals surface area contributed by atoms with Gasteiger partial charge in [0.15, 0.2) is 5.40 Å². The van der Waals surface area contributed by atoms with Gasteiger partial charge in [0.2, 0.25) is 0 Å². The van der Waals surface area contributed by atoms with Gasteiger partial charge in [0.25, 0.3) is 5.69 Å². The van der Waals surface area contributed by atoms with Crippen LogP contribution in [0.15, 0.2) is 24.3 Å². The van der Waals surface area contributed by atoms with Crippen molar-refractivity contribution in [2.24, 2.45) is 0 Å². The SMILES string of the molecule is COP(=O)(OC)C(Cc1ccc([N+](=O)[O-])cc1)P(=O)(O)O. The number of hydrogen-bond acceptors (Lipinski definition) is 6. The highest BCUT2D eigenvalue weighted by atomic mass is 31.2. The maximum absolute atomic E-state index is 12.2. The summed E-state index contributed by atoms with van der Waals surface area (Å²) in [4.78, 5) is 28.6. The standard InChI is InChI=1S/C10H15NO8P2/c1-18-21(17,19-2)10(20(14,15)16)7-8-3-5-9(6-4-8)11(12)13/h3-6,10H,7H2,1-2H3,(H2,14,15,16). The van der Waals surface area contributed by atoms with Crippen LogP contribution in [0, 0.1) is 10.1 Å². The third-order valence-electron chi connectivity index (χ3n) is 2.83. The lowest BCUT2D eigenvalue weighted by atomic mass is 10.1. The Morgan fingerprint density at radius 3 is 2.00 bits per heavy atom. The zero-order valence-corrected chi connectivity index (χ0v) is 13.1. The Labute approximate surface area is 120 Å². The third-order valence-corrected chi connectivity index (χ3v) is 7.47. The smallest absolute Gasteiger partial charge is 0.324 e. The molecule has 0 heterocycles. The predicted octanol–water partition coefficient (Wildman–Crippen LogP) is 2.13. The molecule has 11 heteroatoms. The molecule has 1 rings (SSSR count). The normalized spacial score (nSPS) is 13.9. The van der Waals surface area contributed by atoms with Crippen LogP contribution < -0.4 is 0 Å². The first-order valence-electron chi connectivity index (χ1n) is 5.64. The van der Waals surface area contributed by atoms with Crippen molar-refractivity contribution in [3.8, 4) is 0 Å². The van der Waals surface area contributed by atoms with Gasteiger partial charge in [0.1, 0.15) is 0 Å². The van der Waals surface area contributed by atoms with Gasteiger partial charge in [-0.3, -0.25) is 19.2 Å². The Balaban J connectivity index is 3.11. The van der Waals surface area contributed by atoms with Crippen LogP contribution in [-0.2, 0) is 24.6 Å². The summed E-state index contributed by atoms with van der Waals surface area (Å²) in [6, 6.07) is 5.04. The fraction of sp³-hybridized carbons (Fsp3) is 0.400. The van der Waals surface area contributed by atoms with Crippen LogP contribution in [-0.4, -0.2) is 34.3 Å². The van der Waals surface area contributed by atoms with Crippen molar-refractivity contribution in [2.75, 3.05) is 14.2 Å². The fourth-order valence-corrected chi connectivity index (χ4v) is 5.26. The third kappa shape index (κ3) is 4.44. The zero-order valence-electron chi connectivity index (χ0n) is 11.3. The lowest BCUT2D eigenvalue weighted by Crippen LogP contribution is -2.15. The second-order valence-corrected chi connectivity index (χ2v) is 8.74. The van der Waals surface area contributed by atoms with Crippen molar-refractivity contribution < 1.29 is 32.9 Å². The highest BCUT2D eigenvalue weighted by Crippen LogP contribution is 2.66. The molecule has 0 bridgehead atoms. The van der Waals surface area contributed by atoms with E-state index >= 15 is 0 Å². The van der Waals surface area contributed by atoms with E-state index in [-0.39, 0.29) is 12.1 Å². The van der Waals surface area contributed by atoms with Crippen molar-refractivity contribution in [3.05, 3.63) is 39.9 Å². The van der Waals surface area contributed by atoms with E-state index in [1.807, 2.05) is 0 Å². The van der Waals surface area contributed by atoms with Gasteiger partial charge in [-0.05, 0) is 12.0 Å². The first-order chi connectivity index (χ1) is 9.64. The minimum Gasteiger partial charge on any atom is -0.324 e. The first-order valence-corrected chi connectivity index (χ1v) is 8.93. The molecule has 0 aliphatic rings. The van der Waals surface area contributed by atoms with E-state index in [0.29, 0.717) is 5.56 Å². The van der Waals surface area contributed by atoms with E-state index < -0.39 is 25.5 Å². The monoisotopic (exact) mass is 339 g/mol. The number of nitro groups is 1. The molecule has 0 radical (unpaired) electrons. The van der Waals surface area contributed by atoms with Crippen LogP contribution in [0.4, 0.5) is 5.69 Å². The van der Waals surface area contributed by atoms with Gasteiger partial charge in [-0.2, -0.15) is 0 Å². The quantitative estimate of drug-likeness (QED) is 0.438. The Kier molecular flexibility index (Phi) is 5.81. The first kappa shape index (κ1) is 18.0. The zero-order chi connectivity index (χ0) is 16.3. The molecule has 0 saturated carbocycles. The van der Waals surface area contributed by atoms with E-state index in [1.165, 1.54) is 24.3 Å². The molecule has 1 unspecified atom stereocenters. The van der Waals surface area contributed by atoms with Crippen LogP contribution in [0.5, 0.6) is 0 Å². The van der Waals surface area contributed by atoms with Crippen LogP contribution in [0.25, 0.3) is 0 Å². The van der Waals surface area contributed by atoms with Gasteiger partial charge in [0.05, 0.1) is 4.92 Å². The molecular formula is C10H15NO8P2. The van der Waals surface area contributed by atoms with E-state index in [1.54, 1.807) is 0 Å². The van der Waals surface area contributed by atoms with E-state index in [0.717, 1.165) is 14.2 Å². The molecule has 1 aromatic carbocycles. The summed E-state index contributed by atoms with van der Waals surface area (Å²) < 4.78 is 33.0. The molecular weight excluding hydrogens is 324 g/mol. The topological polar surface area (TPSA) is 136 Å². The number of benzene rings is 1. The molecule has 0 aliphatic heterocycles. The van der Waals surface area contributed by atoms with Gasteiger partial charge in [-0.1, -0.05) is 12.1 Å². The van der Waals surface area contributed by atoms with Crippen LogP contribution >= 0.6 is 15.2 Å². The number of rotatable bonds is 7. The summed E-state index contributed by atoms with van der Waals surface area (Å²) >= 11 is 0. The van der Waals surface area contributed by atoms with Gasteiger partial charge in [-0.25, -0.2) is 0 Å². The molecule has 0 aliphatic carbocycles. The molecule has 0 saturated heterocycles. The average molecular weight is 339 g/mol. The number of non-ortho nitro benzene ring substituents is 1. The van der Waals surface area contributed by atoms with Crippen molar-refractivity contribution in [1.82, 2.24) is 0 Å². The van der Waals surface area contributed by atoms with Crippen molar-refractivity contribution in [2.45, 2.75) is 11.8 Å². The van der Waals surface area contributed by atoms with Crippen LogP contribution in [0.3, 0.4) is 0 Å². The number of nitro benzene ring substituents is 1. The summed E-state index contributed by atoms with van der Waals surface area (Å²) in [6.45, 7) is 0. The van der Waals surface area contributed by atoms with Gasteiger partial charge in [-0.15, -0.1) is 0 Å². The van der Waals surface area contributed by atoms with Gasteiger partial charge in [0, 0.05) is 26.4 Å². The Bertz CT molecular complexity index is 588. The second-order valence-electron chi connectivity index (χ2n) is 4.10. The number of nitrogens with zero attached hydrogens (tertiary/aromatic N) is 1. The van der Waals surface area contributed by atoms with E-state index in [9.17, 15) is 29.0 Å². The lowest BCUT2D eigenvalue weighted by Gasteiger charge is -2.24. The maximum atomic E-state index is 12.2. The van der Waals surface area contributed by atoms with Crippen molar-refractivity contribution >= 4 is 20.9 Å². The highest BCUT2D eigenvalue weighted by molar-refractivity contribution is 7.71. The largest absolute Gasteiger partial charge is 0.345 e. The summed E-state index contributed by atoms with van der Waals surface area (Å²) in [6.07, 6.45) is -0.304. The van der Waals surface area contributed by atoms with Gasteiger partial charge >= 0.3 is 15.2 Å². The molecule has 1 aromatic rings. The second kappa shape index (κ2) is 6.79. The average Bonchev–Trinajstić information content (AvgIpc) is 2.43. The minimum atomic E-state index is -4.77. The van der Waals surface area contributed by atoms with E-state index in [4.69, 9.17) is 0 Å². The van der Waals surface area contributed by atoms with Gasteiger partial charge < -0.3 is 18.8 Å². The summed E-state index contributed by atoms with van der Waals surface area (Å²) in [5.74, 6) is 0. The van der Waals surface area contributed by atoms with Crippen molar-refractivity contribution in [3.63, 3.8) is 0 Å². The molecule has 0 spiro atoms. The summed E-state index contributed by atoms with van der Waals surface area (Å²) in [5.41, 5.74) is 0.205. The molecule has 9 nitrogen and oxygen atoms in total. The molecule has 21 heavy (non-hydrogen) atoms. The maximum Gasteiger partial charge on any atom is 0.345 e. The Hall–Kier alpha value is -1.08. The van der Waals surface area contributed by atoms with E-state index in [2.05, 4.69) is 9.05 Å². The lowest BCUT2D eigenvalue weighted by molar-refractivity contribution is -0.384. The Morgan fingerprint density at radius 1 is 1.19 bits per heavy atom. The predicted molar refractivity (Wildman–Crippen MR) is 74.3 cm³/mol. The summed E-state index contributed by atoms with van der Waals surface area (Å²) in [7, 11) is -6.72. The molecule has 0 fully saturated rings. The summed E-state index contributed by atoms with van der Waals surface area (Å²) in [5, 5.41) is 8.86. The number of hydrogen-bond donors (Lipinski definition) is 2. The Morgan fingerprint density at radius 2 is 1.67 bits per heavy atom.